The first kappa shape index (κ1) is 18.4. The number of nitrogens with one attached hydrogen (secondary N) is 1. The molecule has 0 aliphatic rings. The van der Waals surface area contributed by atoms with E-state index in [1.807, 2.05) is 0 Å². The second-order valence-electron chi connectivity index (χ2n) is 4.78. The highest BCUT2D eigenvalue weighted by atomic mass is 16.5. The van der Waals surface area contributed by atoms with Crippen LogP contribution in [0.25, 0.3) is 0 Å². The Morgan fingerprint density at radius 1 is 1.39 bits per heavy atom. The molecule has 0 aliphatic heterocycles. The number of hydrogen-bond donors (Lipinski definition) is 2. The molecular weight excluding hydrogens is 302 g/mol. The van der Waals surface area contributed by atoms with Crippen LogP contribution in [0.4, 0.5) is 4.79 Å². The molecule has 1 atom stereocenters. The first-order valence-corrected chi connectivity index (χ1v) is 7.39. The van der Waals surface area contributed by atoms with Gasteiger partial charge in [-0.15, -0.1) is 0 Å². The number of oxazole rings is 1. The summed E-state index contributed by atoms with van der Waals surface area (Å²) in [5, 5.41) is 2.35. The summed E-state index contributed by atoms with van der Waals surface area (Å²) in [4.78, 5) is 38.4. The van der Waals surface area contributed by atoms with E-state index in [0.717, 1.165) is 37.8 Å². The van der Waals surface area contributed by atoms with Crippen LogP contribution in [0.15, 0.2) is 29.0 Å². The van der Waals surface area contributed by atoms with Gasteiger partial charge in [-0.2, -0.15) is 0 Å². The Kier molecular flexibility index (Phi) is 8.12. The van der Waals surface area contributed by atoms with Crippen LogP contribution in [0.5, 0.6) is 0 Å². The number of carbonyl (C=O) groups excluding carboxylic acids is 3. The van der Waals surface area contributed by atoms with E-state index in [-0.39, 0.29) is 12.5 Å². The predicted octanol–water partition coefficient (Wildman–Crippen LogP) is 1.57. The van der Waals surface area contributed by atoms with Crippen molar-refractivity contribution in [1.29, 1.82) is 0 Å². The van der Waals surface area contributed by atoms with Gasteiger partial charge in [-0.25, -0.2) is 9.78 Å². The number of carbonyl (C=O) groups is 3. The molecule has 0 saturated heterocycles. The van der Waals surface area contributed by atoms with E-state index in [2.05, 4.69) is 17.2 Å². The lowest BCUT2D eigenvalue weighted by molar-refractivity contribution is -0.113. The molecule has 1 unspecified atom stereocenters. The monoisotopic (exact) mass is 323 g/mol. The number of hydrogen-bond acceptors (Lipinski definition) is 6. The number of ketones is 1. The van der Waals surface area contributed by atoms with E-state index < -0.39 is 23.8 Å². The molecule has 0 fully saturated rings. The molecule has 0 radical (unpaired) electrons. The zero-order valence-corrected chi connectivity index (χ0v) is 13.0. The third kappa shape index (κ3) is 7.25. The van der Waals surface area contributed by atoms with Crippen molar-refractivity contribution in [2.45, 2.75) is 38.6 Å². The summed E-state index contributed by atoms with van der Waals surface area (Å²) in [7, 11) is 0. The van der Waals surface area contributed by atoms with Crippen molar-refractivity contribution in [3.05, 3.63) is 30.5 Å². The Hall–Kier alpha value is -2.64. The summed E-state index contributed by atoms with van der Waals surface area (Å²) >= 11 is 0. The lowest BCUT2D eigenvalue weighted by Crippen LogP contribution is -2.40. The Labute approximate surface area is 134 Å². The fourth-order valence-electron chi connectivity index (χ4n) is 1.73. The van der Waals surface area contributed by atoms with Gasteiger partial charge >= 0.3 is 6.09 Å². The fraction of sp³-hybridized carbons (Fsp3) is 0.467. The Balaban J connectivity index is 2.57. The van der Waals surface area contributed by atoms with Crippen molar-refractivity contribution in [3.63, 3.8) is 0 Å². The highest BCUT2D eigenvalue weighted by Gasteiger charge is 2.23. The summed E-state index contributed by atoms with van der Waals surface area (Å²) in [6, 6.07) is -1.15. The zero-order valence-electron chi connectivity index (χ0n) is 13.0. The van der Waals surface area contributed by atoms with Gasteiger partial charge in [0.2, 0.25) is 11.7 Å². The van der Waals surface area contributed by atoms with E-state index in [0.29, 0.717) is 0 Å². The molecule has 23 heavy (non-hydrogen) atoms. The molecule has 8 heteroatoms. The molecule has 8 nitrogen and oxygen atoms in total. The maximum absolute atomic E-state index is 12.1. The standard InChI is InChI=1S/C15H21N3O5/c1-2-3-4-5-9-23-15(21)18-11(6-7-12(16)19)13(20)14-17-8-10-22-14/h6-8,10-11H,2-5,9H2,1H3,(H2,16,19)(H,18,21)/b7-6+. The van der Waals surface area contributed by atoms with Crippen LogP contribution in [-0.4, -0.2) is 35.4 Å². The van der Waals surface area contributed by atoms with Crippen molar-refractivity contribution in [2.75, 3.05) is 6.61 Å². The largest absolute Gasteiger partial charge is 0.450 e. The average molecular weight is 323 g/mol. The minimum Gasteiger partial charge on any atom is -0.450 e. The normalized spacial score (nSPS) is 12.0. The van der Waals surface area contributed by atoms with Crippen LogP contribution in [0.2, 0.25) is 0 Å². The second kappa shape index (κ2) is 10.1. The lowest BCUT2D eigenvalue weighted by atomic mass is 10.1. The number of nitrogens with two attached hydrogens (primary N) is 1. The number of primary amides is 1. The number of ether oxygens (including phenoxy) is 1. The summed E-state index contributed by atoms with van der Waals surface area (Å²) in [6.45, 7) is 2.34. The van der Waals surface area contributed by atoms with Crippen molar-refractivity contribution < 1.29 is 23.5 Å². The molecule has 2 amide bonds. The van der Waals surface area contributed by atoms with Gasteiger partial charge in [-0.1, -0.05) is 26.2 Å². The first-order valence-electron chi connectivity index (χ1n) is 7.39. The van der Waals surface area contributed by atoms with Crippen LogP contribution >= 0.6 is 0 Å². The number of alkyl carbamates (subject to hydrolysis) is 1. The van der Waals surface area contributed by atoms with Gasteiger partial charge in [0.05, 0.1) is 12.8 Å². The van der Waals surface area contributed by atoms with Crippen molar-refractivity contribution in [3.8, 4) is 0 Å². The molecular formula is C15H21N3O5. The SMILES string of the molecule is CCCCCCOC(=O)NC(/C=C/C(N)=O)C(=O)c1ncco1. The van der Waals surface area contributed by atoms with Crippen LogP contribution in [0, 0.1) is 0 Å². The Morgan fingerprint density at radius 2 is 2.17 bits per heavy atom. The van der Waals surface area contributed by atoms with Crippen LogP contribution in [-0.2, 0) is 9.53 Å². The zero-order chi connectivity index (χ0) is 17.1. The molecule has 1 aromatic heterocycles. The number of unbranched alkanes of at least 4 members (excludes halogenated alkanes) is 3. The topological polar surface area (TPSA) is 125 Å². The molecule has 0 aliphatic carbocycles. The maximum atomic E-state index is 12.1. The minimum atomic E-state index is -1.15. The van der Waals surface area contributed by atoms with E-state index >= 15 is 0 Å². The smallest absolute Gasteiger partial charge is 0.407 e. The number of amides is 2. The van der Waals surface area contributed by atoms with E-state index in [9.17, 15) is 14.4 Å². The number of Topliss-reactive ketones (excluding diaryl/α,β-unsaturated/α-hetero) is 1. The van der Waals surface area contributed by atoms with Crippen LogP contribution in [0.1, 0.15) is 43.3 Å². The third-order valence-corrected chi connectivity index (χ3v) is 2.88. The van der Waals surface area contributed by atoms with Crippen molar-refractivity contribution in [2.24, 2.45) is 5.73 Å². The lowest BCUT2D eigenvalue weighted by Gasteiger charge is -2.12. The summed E-state index contributed by atoms with van der Waals surface area (Å²) in [5.74, 6) is -1.55. The van der Waals surface area contributed by atoms with Gasteiger partial charge in [0.25, 0.3) is 5.89 Å². The van der Waals surface area contributed by atoms with Gasteiger partial charge in [0, 0.05) is 6.08 Å². The minimum absolute atomic E-state index is 0.188. The maximum Gasteiger partial charge on any atom is 0.407 e. The highest BCUT2D eigenvalue weighted by molar-refractivity contribution is 6.00. The van der Waals surface area contributed by atoms with Gasteiger partial charge in [-0.3, -0.25) is 9.59 Å². The van der Waals surface area contributed by atoms with Crippen molar-refractivity contribution in [1.82, 2.24) is 10.3 Å². The van der Waals surface area contributed by atoms with Crippen LogP contribution in [0.3, 0.4) is 0 Å². The molecule has 126 valence electrons. The molecule has 0 spiro atoms. The number of aromatic nitrogens is 1. The number of nitrogens with zero attached hydrogens (tertiary/aromatic N) is 1. The van der Waals surface area contributed by atoms with Crippen LogP contribution < -0.4 is 11.1 Å². The van der Waals surface area contributed by atoms with Gasteiger partial charge < -0.3 is 20.2 Å². The van der Waals surface area contributed by atoms with E-state index in [4.69, 9.17) is 14.9 Å². The number of rotatable bonds is 10. The fourth-order valence-corrected chi connectivity index (χ4v) is 1.73. The van der Waals surface area contributed by atoms with Gasteiger partial charge in [-0.05, 0) is 12.5 Å². The molecule has 1 aromatic rings. The Morgan fingerprint density at radius 3 is 2.78 bits per heavy atom. The van der Waals surface area contributed by atoms with Crippen molar-refractivity contribution >= 4 is 17.8 Å². The van der Waals surface area contributed by atoms with Gasteiger partial charge in [0.15, 0.2) is 0 Å². The molecule has 3 N–H and O–H groups in total. The van der Waals surface area contributed by atoms with Gasteiger partial charge in [0.1, 0.15) is 12.3 Å². The molecule has 0 saturated carbocycles. The molecule has 1 rings (SSSR count). The molecule has 1 heterocycles. The summed E-state index contributed by atoms with van der Waals surface area (Å²) in [6.07, 6.45) is 7.76. The van der Waals surface area contributed by atoms with E-state index in [1.165, 1.54) is 12.5 Å². The average Bonchev–Trinajstić information content (AvgIpc) is 3.04. The Bertz CT molecular complexity index is 539. The highest BCUT2D eigenvalue weighted by Crippen LogP contribution is 2.04. The molecule has 0 bridgehead atoms. The second-order valence-corrected chi connectivity index (χ2v) is 4.78. The van der Waals surface area contributed by atoms with E-state index in [1.54, 1.807) is 0 Å². The third-order valence-electron chi connectivity index (χ3n) is 2.88. The molecule has 0 aromatic carbocycles. The quantitative estimate of drug-likeness (QED) is 0.382. The summed E-state index contributed by atoms with van der Waals surface area (Å²) < 4.78 is 9.88. The first-order chi connectivity index (χ1) is 11.0. The summed E-state index contributed by atoms with van der Waals surface area (Å²) in [5.41, 5.74) is 5.00. The predicted molar refractivity (Wildman–Crippen MR) is 81.6 cm³/mol.